The molecule has 0 aromatic heterocycles. The fourth-order valence-corrected chi connectivity index (χ4v) is 9.59. The molecule has 0 radical (unpaired) electrons. The van der Waals surface area contributed by atoms with Gasteiger partial charge in [0.1, 0.15) is 30.3 Å². The number of aliphatic carboxylic acids is 1. The predicted molar refractivity (Wildman–Crippen MR) is 284 cm³/mol. The van der Waals surface area contributed by atoms with E-state index in [1.165, 1.54) is 6.08 Å². The number of hydrogen-bond acceptors (Lipinski definition) is 19. The summed E-state index contributed by atoms with van der Waals surface area (Å²) in [6.07, 6.45) is 6.95. The largest absolute Gasteiger partial charge is 0.481 e. The van der Waals surface area contributed by atoms with Crippen molar-refractivity contribution in [3.63, 3.8) is 0 Å². The Labute approximate surface area is 450 Å². The molecule has 20 heteroatoms. The second-order valence-corrected chi connectivity index (χ2v) is 20.6. The number of Topliss-reactive ketones (excluding diaryl/α,β-unsaturated/α-hetero) is 2. The first-order chi connectivity index (χ1) is 36.5. The van der Waals surface area contributed by atoms with E-state index in [1.807, 2.05) is 19.9 Å². The molecule has 14 unspecified atom stereocenters. The van der Waals surface area contributed by atoms with Crippen LogP contribution in [-0.2, 0) is 33.3 Å². The zero-order valence-electron chi connectivity index (χ0n) is 43.9. The van der Waals surface area contributed by atoms with Gasteiger partial charge < -0.3 is 81.5 Å². The van der Waals surface area contributed by atoms with Crippen LogP contribution in [0.3, 0.4) is 0 Å². The summed E-state index contributed by atoms with van der Waals surface area (Å²) in [7, 11) is 0. The number of carboxylic acids is 1. The first-order valence-electron chi connectivity index (χ1n) is 26.4. The van der Waals surface area contributed by atoms with Crippen LogP contribution in [0.5, 0.6) is 0 Å². The number of fused-ring (bicyclic) bond motifs is 2. The molecular weight excluding hydrogens is 1000 g/mol. The maximum absolute atomic E-state index is 13.2. The van der Waals surface area contributed by atoms with E-state index in [0.717, 1.165) is 0 Å². The molecule has 428 valence electrons. The molecule has 0 saturated carbocycles. The molecule has 3 aliphatic rings. The van der Waals surface area contributed by atoms with Crippen LogP contribution in [-0.4, -0.2) is 166 Å². The van der Waals surface area contributed by atoms with Crippen molar-refractivity contribution in [2.45, 2.75) is 183 Å². The fourth-order valence-electron chi connectivity index (χ4n) is 9.59. The quantitative estimate of drug-likeness (QED) is 0.0693. The van der Waals surface area contributed by atoms with Crippen molar-refractivity contribution in [1.82, 2.24) is 0 Å². The van der Waals surface area contributed by atoms with Gasteiger partial charge in [-0.05, 0) is 75.1 Å². The number of esters is 1. The topological polar surface area (TPSA) is 360 Å². The van der Waals surface area contributed by atoms with E-state index in [4.69, 9.17) is 30.4 Å². The number of carbonyl (C=O) groups is 4. The first kappa shape index (κ1) is 64.5. The highest BCUT2D eigenvalue weighted by molar-refractivity contribution is 5.96. The van der Waals surface area contributed by atoms with Crippen molar-refractivity contribution in [2.24, 2.45) is 23.5 Å². The molecule has 14 N–H and O–H groups in total. The average Bonchev–Trinajstić information content (AvgIpc) is 3.34. The third-order valence-corrected chi connectivity index (χ3v) is 13.8. The van der Waals surface area contributed by atoms with Gasteiger partial charge in [-0.15, -0.1) is 0 Å². The molecule has 17 atom stereocenters. The van der Waals surface area contributed by atoms with Crippen molar-refractivity contribution in [2.75, 3.05) is 12.3 Å². The number of anilines is 1. The Hall–Kier alpha value is -5.04. The van der Waals surface area contributed by atoms with Gasteiger partial charge in [0, 0.05) is 49.3 Å². The molecule has 20 nitrogen and oxygen atoms in total. The van der Waals surface area contributed by atoms with Gasteiger partial charge >= 0.3 is 11.9 Å². The van der Waals surface area contributed by atoms with Gasteiger partial charge in [0.15, 0.2) is 17.9 Å². The minimum Gasteiger partial charge on any atom is -0.481 e. The fraction of sp³-hybridized carbons (Fsp3) is 0.579. The van der Waals surface area contributed by atoms with Gasteiger partial charge in [0.2, 0.25) is 0 Å². The summed E-state index contributed by atoms with van der Waals surface area (Å²) in [6, 6.07) is 5.30. The third-order valence-electron chi connectivity index (χ3n) is 13.8. The summed E-state index contributed by atoms with van der Waals surface area (Å²) in [5.41, 5.74) is 12.6. The summed E-state index contributed by atoms with van der Waals surface area (Å²) in [4.78, 5) is 51.5. The van der Waals surface area contributed by atoms with Crippen molar-refractivity contribution < 1.29 is 89.2 Å². The van der Waals surface area contributed by atoms with E-state index in [1.54, 1.807) is 97.2 Å². The number of carboxylic acid groups (broad SMARTS) is 1. The van der Waals surface area contributed by atoms with Crippen LogP contribution in [0.1, 0.15) is 108 Å². The molecule has 0 spiro atoms. The standard InChI is InChI=1S/C57H82N2O18/c1-35-16-13-11-9-7-5-3-4-6-8-10-12-14-19-45(75-56-53(70)52(59)48(68)34-74-56)31-49-51(55(71)72)47(67)33-57(73,77-49)32-44(65)28-43(64)27-42(63)26-39(60)17-15-18-40(61)30-50(69)76-54(35)36(2)20-25-41(62)29-46(66)37-21-23-38(58)24-22-37/h3-14,16,19,21-24,35-36,39,41-45,47-49,51-54,56,60,62-65,67-68,70,73H,15,17-18,20,25-34,58-59H2,1-2H3,(H,71,72)/b4-3+,7-5+,8-6+,11-9+,12-10+,16-13+,19-14+/t35?,36?,39?,41?,42?,43?,44?,45?,47?,48-,49?,51?,52+,53-,54?,56?,57?/m1/s1. The lowest BCUT2D eigenvalue weighted by molar-refractivity contribution is -0.305. The average molecular weight is 1080 g/mol. The Morgan fingerprint density at radius 2 is 1.34 bits per heavy atom. The SMILES string of the molecule is CC1/C=C/C=C/C=C/C=C/C=C/C=C/C=C/C(OC2OC[C@@H](O)[C@H](N)[C@H]2O)CC2OC(O)(CC(O)CC(O)CC(O)CC(O)CCCC(=O)CC(=O)OC1C(C)CCC(O)CC(=O)c1ccc(N)cc1)CC(O)C2C(=O)O. The van der Waals surface area contributed by atoms with E-state index in [2.05, 4.69) is 0 Å². The number of rotatable bonds is 10. The number of ether oxygens (including phenoxy) is 4. The van der Waals surface area contributed by atoms with Gasteiger partial charge in [0.25, 0.3) is 0 Å². The Morgan fingerprint density at radius 1 is 0.766 bits per heavy atom. The third kappa shape index (κ3) is 23.1. The van der Waals surface area contributed by atoms with E-state index in [9.17, 15) is 70.2 Å². The summed E-state index contributed by atoms with van der Waals surface area (Å²) in [5, 5.41) is 108. The molecule has 0 amide bonds. The van der Waals surface area contributed by atoms with Gasteiger partial charge in [-0.25, -0.2) is 0 Å². The van der Waals surface area contributed by atoms with Crippen LogP contribution in [0.15, 0.2) is 109 Å². The number of nitrogen functional groups attached to an aromatic ring is 1. The van der Waals surface area contributed by atoms with Gasteiger partial charge in [-0.2, -0.15) is 0 Å². The lowest BCUT2D eigenvalue weighted by Crippen LogP contribution is -2.59. The maximum atomic E-state index is 13.2. The molecule has 0 aliphatic carbocycles. The van der Waals surface area contributed by atoms with Crippen molar-refractivity contribution in [1.29, 1.82) is 0 Å². The van der Waals surface area contributed by atoms with Crippen LogP contribution in [0.4, 0.5) is 5.69 Å². The Morgan fingerprint density at radius 3 is 1.95 bits per heavy atom. The molecule has 77 heavy (non-hydrogen) atoms. The minimum absolute atomic E-state index is 0.0717. The zero-order valence-corrected chi connectivity index (χ0v) is 43.9. The summed E-state index contributed by atoms with van der Waals surface area (Å²) in [5.74, 6) is -7.36. The molecule has 1 aromatic rings. The number of ketones is 2. The monoisotopic (exact) mass is 1080 g/mol. The number of cyclic esters (lactones) is 1. The number of benzene rings is 1. The van der Waals surface area contributed by atoms with Crippen LogP contribution >= 0.6 is 0 Å². The van der Waals surface area contributed by atoms with Crippen molar-refractivity contribution in [3.05, 3.63) is 115 Å². The summed E-state index contributed by atoms with van der Waals surface area (Å²) in [6.45, 7) is 3.46. The molecule has 2 fully saturated rings. The molecule has 2 saturated heterocycles. The lowest BCUT2D eigenvalue weighted by Gasteiger charge is -2.45. The smallest absolute Gasteiger partial charge is 0.313 e. The number of allylic oxidation sites excluding steroid dienone is 12. The normalized spacial score (nSPS) is 37.1. The Bertz CT molecular complexity index is 2210. The van der Waals surface area contributed by atoms with Crippen LogP contribution in [0.25, 0.3) is 0 Å². The second-order valence-electron chi connectivity index (χ2n) is 20.6. The van der Waals surface area contributed by atoms with Crippen LogP contribution in [0, 0.1) is 17.8 Å². The summed E-state index contributed by atoms with van der Waals surface area (Å²) < 4.78 is 23.4. The van der Waals surface area contributed by atoms with Crippen LogP contribution < -0.4 is 11.5 Å². The number of aliphatic hydroxyl groups excluding tert-OH is 8. The van der Waals surface area contributed by atoms with Gasteiger partial charge in [-0.1, -0.05) is 98.9 Å². The minimum atomic E-state index is -2.30. The second kappa shape index (κ2) is 32.8. The van der Waals surface area contributed by atoms with Crippen molar-refractivity contribution >= 4 is 29.2 Å². The van der Waals surface area contributed by atoms with E-state index < -0.39 is 135 Å². The van der Waals surface area contributed by atoms with Crippen molar-refractivity contribution in [3.8, 4) is 0 Å². The van der Waals surface area contributed by atoms with Gasteiger partial charge in [-0.3, -0.25) is 19.2 Å². The molecule has 4 rings (SSSR count). The highest BCUT2D eigenvalue weighted by atomic mass is 16.7. The summed E-state index contributed by atoms with van der Waals surface area (Å²) >= 11 is 0. The van der Waals surface area contributed by atoms with E-state index in [-0.39, 0.29) is 75.6 Å². The molecule has 3 heterocycles. The predicted octanol–water partition coefficient (Wildman–Crippen LogP) is 2.93. The Balaban J connectivity index is 1.51. The number of nitrogens with two attached hydrogens (primary N) is 2. The van der Waals surface area contributed by atoms with E-state index >= 15 is 0 Å². The number of hydrogen-bond donors (Lipinski definition) is 12. The molecule has 1 aromatic carbocycles. The molecular formula is C57H82N2O18. The highest BCUT2D eigenvalue weighted by Crippen LogP contribution is 2.38. The lowest BCUT2D eigenvalue weighted by atomic mass is 9.82. The molecule has 3 aliphatic heterocycles. The molecule has 2 bridgehead atoms. The zero-order chi connectivity index (χ0) is 56.7. The van der Waals surface area contributed by atoms with E-state index in [0.29, 0.717) is 17.7 Å². The highest BCUT2D eigenvalue weighted by Gasteiger charge is 2.50. The maximum Gasteiger partial charge on any atom is 0.313 e. The number of carbonyl (C=O) groups excluding carboxylic acids is 3. The van der Waals surface area contributed by atoms with Crippen LogP contribution in [0.2, 0.25) is 0 Å². The first-order valence-corrected chi connectivity index (χ1v) is 26.4. The Kier molecular flexibility index (Phi) is 27.4. The number of aliphatic hydroxyl groups is 9. The van der Waals surface area contributed by atoms with Gasteiger partial charge in [0.05, 0.1) is 67.6 Å².